The van der Waals surface area contributed by atoms with Crippen molar-refractivity contribution in [1.29, 1.82) is 0 Å². The van der Waals surface area contributed by atoms with Gasteiger partial charge in [-0.3, -0.25) is 4.98 Å². The molecule has 0 amide bonds. The fourth-order valence-corrected chi connectivity index (χ4v) is 3.59. The normalized spacial score (nSPS) is 11.6. The van der Waals surface area contributed by atoms with E-state index >= 15 is 0 Å². The first-order valence-electron chi connectivity index (χ1n) is 8.42. The van der Waals surface area contributed by atoms with Crippen molar-refractivity contribution in [3.05, 3.63) is 85.0 Å². The largest absolute Gasteiger partial charge is 0.393 e. The molecule has 0 fully saturated rings. The molecule has 152 valence electrons. The number of nitrogens with one attached hydrogen (secondary N) is 1. The van der Waals surface area contributed by atoms with Gasteiger partial charge < -0.3 is 0 Å². The molecule has 2 aromatic carbocycles. The lowest BCUT2D eigenvalue weighted by molar-refractivity contribution is -0.127. The van der Waals surface area contributed by atoms with E-state index in [2.05, 4.69) is 4.98 Å². The second kappa shape index (κ2) is 7.78. The molecule has 6 nitrogen and oxygen atoms in total. The zero-order chi connectivity index (χ0) is 21.3. The minimum absolute atomic E-state index is 0.183. The third kappa shape index (κ3) is 4.70. The molecule has 0 aliphatic carbocycles. The number of aromatic nitrogens is 3. The molecule has 0 bridgehead atoms. The molecule has 0 spiro atoms. The zero-order valence-electron chi connectivity index (χ0n) is 15.4. The van der Waals surface area contributed by atoms with Crippen molar-refractivity contribution in [3.63, 3.8) is 0 Å². The number of aryl methyl sites for hydroxylation is 1. The van der Waals surface area contributed by atoms with Crippen LogP contribution in [0.5, 0.6) is 0 Å². The predicted octanol–water partition coefficient (Wildman–Crippen LogP) is 2.79. The van der Waals surface area contributed by atoms with E-state index in [0.717, 1.165) is 24.5 Å². The Kier molecular flexibility index (Phi) is 5.56. The van der Waals surface area contributed by atoms with Gasteiger partial charge in [0.25, 0.3) is 0 Å². The quantitative estimate of drug-likeness (QED) is 0.700. The fourth-order valence-electron chi connectivity index (χ4n) is 2.70. The van der Waals surface area contributed by atoms with Crippen LogP contribution in [-0.2, 0) is 13.5 Å². The number of rotatable bonds is 4. The molecule has 1 N–H and O–H groups in total. The zero-order valence-corrected chi connectivity index (χ0v) is 16.2. The van der Waals surface area contributed by atoms with Crippen molar-refractivity contribution >= 4 is 11.8 Å². The summed E-state index contributed by atoms with van der Waals surface area (Å²) in [6, 6.07) is 11.0. The van der Waals surface area contributed by atoms with Gasteiger partial charge in [-0.2, -0.15) is 13.2 Å². The average Bonchev–Trinajstić information content (AvgIpc) is 2.62. The maximum atomic E-state index is 12.5. The SMILES string of the molecule is Cc1cc(-n2c(=O)[nH]c(=O)n(C)c2=O)ccc1Sc1ccc(CC(F)(F)F)cc1. The smallest absolute Gasteiger partial charge is 0.258 e. The van der Waals surface area contributed by atoms with E-state index in [1.807, 2.05) is 0 Å². The van der Waals surface area contributed by atoms with Crippen LogP contribution in [0, 0.1) is 6.92 Å². The molecular weight excluding hydrogens is 407 g/mol. The Morgan fingerprint density at radius 2 is 1.66 bits per heavy atom. The molecule has 1 aromatic heterocycles. The Balaban J connectivity index is 1.88. The Bertz CT molecular complexity index is 1220. The maximum Gasteiger partial charge on any atom is 0.393 e. The van der Waals surface area contributed by atoms with Crippen LogP contribution in [0.3, 0.4) is 0 Å². The lowest BCUT2D eigenvalue weighted by Crippen LogP contribution is -2.47. The summed E-state index contributed by atoms with van der Waals surface area (Å²) in [6.07, 6.45) is -5.23. The van der Waals surface area contributed by atoms with Gasteiger partial charge in [0.2, 0.25) is 0 Å². The molecule has 0 saturated carbocycles. The van der Waals surface area contributed by atoms with E-state index < -0.39 is 29.7 Å². The van der Waals surface area contributed by atoms with E-state index in [4.69, 9.17) is 0 Å². The van der Waals surface area contributed by atoms with Crippen LogP contribution in [0.2, 0.25) is 0 Å². The summed E-state index contributed by atoms with van der Waals surface area (Å²) in [4.78, 5) is 39.4. The van der Waals surface area contributed by atoms with Gasteiger partial charge in [0, 0.05) is 16.8 Å². The summed E-state index contributed by atoms with van der Waals surface area (Å²) in [7, 11) is 1.26. The van der Waals surface area contributed by atoms with Crippen LogP contribution in [0.25, 0.3) is 5.69 Å². The Morgan fingerprint density at radius 1 is 1.00 bits per heavy atom. The van der Waals surface area contributed by atoms with Crippen LogP contribution in [-0.4, -0.2) is 20.3 Å². The number of aromatic amines is 1. The minimum atomic E-state index is -4.25. The molecule has 1 heterocycles. The van der Waals surface area contributed by atoms with Gasteiger partial charge in [-0.15, -0.1) is 0 Å². The van der Waals surface area contributed by atoms with Gasteiger partial charge in [0.05, 0.1) is 12.1 Å². The molecule has 3 rings (SSSR count). The lowest BCUT2D eigenvalue weighted by Gasteiger charge is -2.11. The number of nitrogens with zero attached hydrogens (tertiary/aromatic N) is 2. The van der Waals surface area contributed by atoms with Crippen LogP contribution < -0.4 is 17.1 Å². The van der Waals surface area contributed by atoms with Gasteiger partial charge >= 0.3 is 23.2 Å². The second-order valence-electron chi connectivity index (χ2n) is 6.40. The molecule has 0 radical (unpaired) electrons. The highest BCUT2D eigenvalue weighted by Crippen LogP contribution is 2.32. The summed E-state index contributed by atoms with van der Waals surface area (Å²) in [5.41, 5.74) is -1.16. The standard InChI is InChI=1S/C19H16F3N3O3S/c1-11-9-13(25-17(27)23-16(26)24(2)18(25)28)5-8-15(11)29-14-6-3-12(4-7-14)10-19(20,21)22/h3-9H,10H2,1-2H3,(H,23,26,27). The minimum Gasteiger partial charge on any atom is -0.258 e. The topological polar surface area (TPSA) is 76.9 Å². The van der Waals surface area contributed by atoms with Crippen molar-refractivity contribution in [1.82, 2.24) is 14.1 Å². The predicted molar refractivity (Wildman–Crippen MR) is 103 cm³/mol. The molecule has 0 unspecified atom stereocenters. The molecule has 0 atom stereocenters. The fraction of sp³-hybridized carbons (Fsp3) is 0.211. The Hall–Kier alpha value is -3.01. The molecule has 3 aromatic rings. The van der Waals surface area contributed by atoms with Gasteiger partial charge in [0.1, 0.15) is 0 Å². The van der Waals surface area contributed by atoms with E-state index in [1.54, 1.807) is 37.3 Å². The van der Waals surface area contributed by atoms with E-state index in [0.29, 0.717) is 5.69 Å². The second-order valence-corrected chi connectivity index (χ2v) is 7.52. The first-order valence-corrected chi connectivity index (χ1v) is 9.24. The van der Waals surface area contributed by atoms with E-state index in [9.17, 15) is 27.6 Å². The van der Waals surface area contributed by atoms with E-state index in [1.165, 1.54) is 30.9 Å². The average molecular weight is 423 g/mol. The molecule has 0 aliphatic rings. The molecule has 0 saturated heterocycles. The highest BCUT2D eigenvalue weighted by molar-refractivity contribution is 7.99. The van der Waals surface area contributed by atoms with Crippen LogP contribution in [0.4, 0.5) is 13.2 Å². The summed E-state index contributed by atoms with van der Waals surface area (Å²) in [5, 5.41) is 0. The highest BCUT2D eigenvalue weighted by atomic mass is 32.2. The van der Waals surface area contributed by atoms with Crippen molar-refractivity contribution in [2.24, 2.45) is 7.05 Å². The van der Waals surface area contributed by atoms with Crippen molar-refractivity contribution in [3.8, 4) is 5.69 Å². The summed E-state index contributed by atoms with van der Waals surface area (Å²) < 4.78 is 39.0. The summed E-state index contributed by atoms with van der Waals surface area (Å²) in [5.74, 6) is 0. The molecular formula is C19H16F3N3O3S. The number of halogens is 3. The third-order valence-electron chi connectivity index (χ3n) is 4.17. The molecule has 10 heteroatoms. The van der Waals surface area contributed by atoms with Gasteiger partial charge in [-0.1, -0.05) is 23.9 Å². The molecule has 29 heavy (non-hydrogen) atoms. The van der Waals surface area contributed by atoms with Crippen molar-refractivity contribution in [2.45, 2.75) is 29.3 Å². The highest BCUT2D eigenvalue weighted by Gasteiger charge is 2.27. The van der Waals surface area contributed by atoms with Crippen LogP contribution >= 0.6 is 11.8 Å². The Morgan fingerprint density at radius 3 is 2.24 bits per heavy atom. The van der Waals surface area contributed by atoms with Crippen LogP contribution in [0.15, 0.2) is 66.6 Å². The number of H-pyrrole nitrogens is 1. The number of hydrogen-bond acceptors (Lipinski definition) is 4. The van der Waals surface area contributed by atoms with Crippen molar-refractivity contribution < 1.29 is 13.2 Å². The Labute approximate surface area is 166 Å². The summed E-state index contributed by atoms with van der Waals surface area (Å²) >= 11 is 1.35. The van der Waals surface area contributed by atoms with Crippen molar-refractivity contribution in [2.75, 3.05) is 0 Å². The number of hydrogen-bond donors (Lipinski definition) is 1. The number of benzene rings is 2. The van der Waals surface area contributed by atoms with Gasteiger partial charge in [-0.05, 0) is 48.4 Å². The van der Waals surface area contributed by atoms with Gasteiger partial charge in [0.15, 0.2) is 0 Å². The lowest BCUT2D eigenvalue weighted by atomic mass is 10.1. The van der Waals surface area contributed by atoms with Crippen LogP contribution in [0.1, 0.15) is 11.1 Å². The number of alkyl halides is 3. The summed E-state index contributed by atoms with van der Waals surface area (Å²) in [6.45, 7) is 1.78. The first-order chi connectivity index (χ1) is 13.5. The first kappa shape index (κ1) is 20.7. The van der Waals surface area contributed by atoms with E-state index in [-0.39, 0.29) is 5.56 Å². The van der Waals surface area contributed by atoms with Gasteiger partial charge in [-0.25, -0.2) is 23.5 Å². The monoisotopic (exact) mass is 423 g/mol. The third-order valence-corrected chi connectivity index (χ3v) is 5.36. The molecule has 0 aliphatic heterocycles. The maximum absolute atomic E-state index is 12.5.